The first kappa shape index (κ1) is 31.1. The highest BCUT2D eigenvalue weighted by Gasteiger charge is 2.41. The molecule has 1 aromatic heterocycles. The van der Waals surface area contributed by atoms with Crippen molar-refractivity contribution in [2.75, 3.05) is 33.2 Å². The van der Waals surface area contributed by atoms with Crippen molar-refractivity contribution in [2.45, 2.75) is 19.3 Å². The molecular formula is C26H24F7N5O3. The predicted octanol–water partition coefficient (Wildman–Crippen LogP) is 4.40. The van der Waals surface area contributed by atoms with Gasteiger partial charge in [-0.15, -0.1) is 0 Å². The SMILES string of the molecule is CCN(CCN(C)C(=O)c1cc(F)ccc1C(F)(F)F)C(=O)CNC(=O)c1cnn(-c2ccccc2)c1C(F)(F)F. The molecule has 0 radical (unpaired) electrons. The third kappa shape index (κ3) is 7.41. The van der Waals surface area contributed by atoms with E-state index in [4.69, 9.17) is 0 Å². The highest BCUT2D eigenvalue weighted by Crippen LogP contribution is 2.34. The van der Waals surface area contributed by atoms with Crippen molar-refractivity contribution in [1.82, 2.24) is 24.9 Å². The number of para-hydroxylation sites is 1. The zero-order valence-electron chi connectivity index (χ0n) is 21.7. The van der Waals surface area contributed by atoms with E-state index in [1.165, 1.54) is 24.3 Å². The van der Waals surface area contributed by atoms with Crippen LogP contribution in [0.3, 0.4) is 0 Å². The Hall–Kier alpha value is -4.43. The Morgan fingerprint density at radius 2 is 1.59 bits per heavy atom. The predicted molar refractivity (Wildman–Crippen MR) is 132 cm³/mol. The Bertz CT molecular complexity index is 1400. The zero-order chi connectivity index (χ0) is 30.5. The molecule has 15 heteroatoms. The first-order valence-corrected chi connectivity index (χ1v) is 12.0. The third-order valence-corrected chi connectivity index (χ3v) is 5.99. The van der Waals surface area contributed by atoms with Gasteiger partial charge >= 0.3 is 12.4 Å². The van der Waals surface area contributed by atoms with Crippen LogP contribution in [0.5, 0.6) is 0 Å². The average molecular weight is 587 g/mol. The number of likely N-dealkylation sites (N-methyl/N-ethyl adjacent to an activating group) is 2. The topological polar surface area (TPSA) is 87.5 Å². The molecule has 8 nitrogen and oxygen atoms in total. The van der Waals surface area contributed by atoms with Crippen LogP contribution in [-0.2, 0) is 17.1 Å². The van der Waals surface area contributed by atoms with Crippen molar-refractivity contribution >= 4 is 17.7 Å². The highest BCUT2D eigenvalue weighted by atomic mass is 19.4. The Morgan fingerprint density at radius 3 is 2.17 bits per heavy atom. The van der Waals surface area contributed by atoms with E-state index in [0.29, 0.717) is 22.9 Å². The van der Waals surface area contributed by atoms with Crippen LogP contribution < -0.4 is 5.32 Å². The van der Waals surface area contributed by atoms with E-state index in [1.807, 2.05) is 0 Å². The lowest BCUT2D eigenvalue weighted by Crippen LogP contribution is -2.44. The Morgan fingerprint density at radius 1 is 0.927 bits per heavy atom. The van der Waals surface area contributed by atoms with E-state index >= 15 is 0 Å². The fraction of sp³-hybridized carbons (Fsp3) is 0.308. The number of hydrogen-bond acceptors (Lipinski definition) is 4. The molecule has 0 spiro atoms. The molecule has 0 unspecified atom stereocenters. The van der Waals surface area contributed by atoms with Gasteiger partial charge in [0.25, 0.3) is 11.8 Å². The van der Waals surface area contributed by atoms with Crippen LogP contribution >= 0.6 is 0 Å². The fourth-order valence-electron chi connectivity index (χ4n) is 3.89. The van der Waals surface area contributed by atoms with Crippen LogP contribution in [0.2, 0.25) is 0 Å². The summed E-state index contributed by atoms with van der Waals surface area (Å²) in [5.41, 5.74) is -4.31. The summed E-state index contributed by atoms with van der Waals surface area (Å²) in [6.07, 6.45) is -9.13. The number of hydrogen-bond donors (Lipinski definition) is 1. The van der Waals surface area contributed by atoms with Crippen LogP contribution in [0.15, 0.2) is 54.7 Å². The van der Waals surface area contributed by atoms with Crippen LogP contribution in [0.4, 0.5) is 30.7 Å². The lowest BCUT2D eigenvalue weighted by Gasteiger charge is -2.25. The number of nitrogens with one attached hydrogen (secondary N) is 1. The van der Waals surface area contributed by atoms with Crippen molar-refractivity contribution in [3.63, 3.8) is 0 Å². The monoisotopic (exact) mass is 587 g/mol. The van der Waals surface area contributed by atoms with Crippen LogP contribution in [0.25, 0.3) is 5.69 Å². The maximum atomic E-state index is 13.8. The molecule has 41 heavy (non-hydrogen) atoms. The summed E-state index contributed by atoms with van der Waals surface area (Å²) in [6, 6.07) is 8.81. The standard InChI is InChI=1S/C26H24F7N5O3/c1-3-37(12-11-36(2)24(41)18-13-16(27)9-10-20(18)25(28,29)30)21(39)15-34-23(40)19-14-35-38(22(19)26(31,32)33)17-7-5-4-6-8-17/h4-10,13-14H,3,11-12,15H2,1-2H3,(H,34,40). The average Bonchev–Trinajstić information content (AvgIpc) is 3.37. The van der Waals surface area contributed by atoms with Gasteiger partial charge in [0, 0.05) is 26.7 Å². The number of halogens is 7. The van der Waals surface area contributed by atoms with Gasteiger partial charge in [-0.25, -0.2) is 9.07 Å². The molecule has 3 rings (SSSR count). The second-order valence-corrected chi connectivity index (χ2v) is 8.72. The summed E-state index contributed by atoms with van der Waals surface area (Å²) in [6.45, 7) is 0.429. The quantitative estimate of drug-likeness (QED) is 0.376. The van der Waals surface area contributed by atoms with E-state index < -0.39 is 64.8 Å². The van der Waals surface area contributed by atoms with Crippen molar-refractivity contribution < 1.29 is 45.1 Å². The molecule has 3 amide bonds. The van der Waals surface area contributed by atoms with Crippen LogP contribution in [0.1, 0.15) is 38.9 Å². The molecule has 0 saturated heterocycles. The van der Waals surface area contributed by atoms with E-state index in [-0.39, 0.29) is 25.3 Å². The van der Waals surface area contributed by atoms with Gasteiger partial charge in [0.15, 0.2) is 5.69 Å². The number of carbonyl (C=O) groups excluding carboxylic acids is 3. The van der Waals surface area contributed by atoms with Gasteiger partial charge in [0.1, 0.15) is 5.82 Å². The van der Waals surface area contributed by atoms with E-state index in [1.54, 1.807) is 13.0 Å². The number of amides is 3. The maximum absolute atomic E-state index is 13.8. The molecule has 0 fully saturated rings. The first-order valence-electron chi connectivity index (χ1n) is 12.0. The van der Waals surface area contributed by atoms with Crippen molar-refractivity contribution in [3.05, 3.63) is 82.9 Å². The van der Waals surface area contributed by atoms with E-state index in [9.17, 15) is 45.1 Å². The van der Waals surface area contributed by atoms with Crippen LogP contribution in [0, 0.1) is 5.82 Å². The first-order chi connectivity index (χ1) is 19.1. The molecule has 0 atom stereocenters. The molecule has 2 aromatic carbocycles. The molecular weight excluding hydrogens is 563 g/mol. The van der Waals surface area contributed by atoms with Crippen molar-refractivity contribution in [1.29, 1.82) is 0 Å². The number of benzene rings is 2. The Kier molecular flexibility index (Phi) is 9.40. The van der Waals surface area contributed by atoms with Gasteiger partial charge < -0.3 is 15.1 Å². The number of rotatable bonds is 9. The summed E-state index contributed by atoms with van der Waals surface area (Å²) in [5.74, 6) is -4.11. The summed E-state index contributed by atoms with van der Waals surface area (Å²) in [4.78, 5) is 39.9. The molecule has 1 N–H and O–H groups in total. The maximum Gasteiger partial charge on any atom is 0.434 e. The summed E-state index contributed by atoms with van der Waals surface area (Å²) in [5, 5.41) is 5.81. The van der Waals surface area contributed by atoms with Crippen molar-refractivity contribution in [2.24, 2.45) is 0 Å². The number of carbonyl (C=O) groups is 3. The van der Waals surface area contributed by atoms with Gasteiger partial charge in [-0.2, -0.15) is 31.4 Å². The minimum absolute atomic E-state index is 0.0459. The second kappa shape index (κ2) is 12.4. The summed E-state index contributed by atoms with van der Waals surface area (Å²) in [7, 11) is 1.16. The smallest absolute Gasteiger partial charge is 0.343 e. The molecule has 0 aliphatic rings. The van der Waals surface area contributed by atoms with Gasteiger partial charge in [-0.3, -0.25) is 14.4 Å². The minimum Gasteiger partial charge on any atom is -0.343 e. The normalized spacial score (nSPS) is 11.7. The van der Waals surface area contributed by atoms with Gasteiger partial charge in [0.05, 0.1) is 35.1 Å². The fourth-order valence-corrected chi connectivity index (χ4v) is 3.89. The van der Waals surface area contributed by atoms with E-state index in [0.717, 1.165) is 23.0 Å². The lowest BCUT2D eigenvalue weighted by atomic mass is 10.1. The van der Waals surface area contributed by atoms with Gasteiger partial charge in [0.2, 0.25) is 5.91 Å². The zero-order valence-corrected chi connectivity index (χ0v) is 21.7. The highest BCUT2D eigenvalue weighted by molar-refractivity contribution is 5.98. The second-order valence-electron chi connectivity index (χ2n) is 8.72. The van der Waals surface area contributed by atoms with Crippen LogP contribution in [-0.4, -0.2) is 70.5 Å². The molecule has 1 heterocycles. The molecule has 3 aromatic rings. The summed E-state index contributed by atoms with van der Waals surface area (Å²) >= 11 is 0. The summed E-state index contributed by atoms with van der Waals surface area (Å²) < 4.78 is 95.4. The van der Waals surface area contributed by atoms with Gasteiger partial charge in [-0.1, -0.05) is 18.2 Å². The molecule has 0 aliphatic carbocycles. The number of aromatic nitrogens is 2. The Balaban J connectivity index is 1.66. The third-order valence-electron chi connectivity index (χ3n) is 5.99. The number of alkyl halides is 6. The molecule has 220 valence electrons. The van der Waals surface area contributed by atoms with Crippen molar-refractivity contribution in [3.8, 4) is 5.69 Å². The minimum atomic E-state index is -4.96. The van der Waals surface area contributed by atoms with Gasteiger partial charge in [-0.05, 0) is 37.3 Å². The van der Waals surface area contributed by atoms with E-state index in [2.05, 4.69) is 10.4 Å². The molecule has 0 aliphatic heterocycles. The Labute approximate surface area is 229 Å². The lowest BCUT2D eigenvalue weighted by molar-refractivity contribution is -0.143. The largest absolute Gasteiger partial charge is 0.434 e. The number of nitrogens with zero attached hydrogens (tertiary/aromatic N) is 4. The molecule has 0 saturated carbocycles. The molecule has 0 bridgehead atoms.